The number of fused-ring (bicyclic) bond motifs is 1. The van der Waals surface area contributed by atoms with Crippen LogP contribution in [0, 0.1) is 29.1 Å². The first-order chi connectivity index (χ1) is 9.07. The molecule has 2 aromatic rings. The zero-order valence-corrected chi connectivity index (χ0v) is 8.84. The van der Waals surface area contributed by atoms with E-state index in [-0.39, 0.29) is 0 Å². The third-order valence-electron chi connectivity index (χ3n) is 2.35. The number of hydrogen-bond donors (Lipinski definition) is 0. The predicted molar refractivity (Wildman–Crippen MR) is 47.3 cm³/mol. The number of hydrogen-bond acceptors (Lipinski definition) is 2. The van der Waals surface area contributed by atoms with E-state index in [4.69, 9.17) is 0 Å². The molecule has 0 radical (unpaired) electrons. The van der Waals surface area contributed by atoms with Gasteiger partial charge < -0.3 is 4.42 Å². The van der Waals surface area contributed by atoms with Crippen molar-refractivity contribution in [1.29, 1.82) is 0 Å². The van der Waals surface area contributed by atoms with Crippen LogP contribution in [0.3, 0.4) is 0 Å². The lowest BCUT2D eigenvalue weighted by molar-refractivity contribution is -0.139. The van der Waals surface area contributed by atoms with Crippen LogP contribution in [-0.4, -0.2) is 0 Å². The van der Waals surface area contributed by atoms with Crippen LogP contribution < -0.4 is 5.63 Å². The molecule has 1 aromatic heterocycles. The van der Waals surface area contributed by atoms with E-state index in [1.807, 2.05) is 0 Å². The molecule has 0 spiro atoms. The molecular weight excluding hydrogens is 304 g/mol. The highest BCUT2D eigenvalue weighted by molar-refractivity contribution is 5.82. The Morgan fingerprint density at radius 3 is 1.75 bits per heavy atom. The van der Waals surface area contributed by atoms with Crippen molar-refractivity contribution in [2.24, 2.45) is 0 Å². The average molecular weight is 304 g/mol. The standard InChI is InChI=1S/C10F8O2/c11-3-1-2(10(16,17)18)4(12)9(19)20-8(1)7(15)6(14)5(3)13. The van der Waals surface area contributed by atoms with Crippen molar-refractivity contribution < 1.29 is 39.5 Å². The summed E-state index contributed by atoms with van der Waals surface area (Å²) >= 11 is 0. The molecule has 0 atom stereocenters. The zero-order valence-electron chi connectivity index (χ0n) is 8.84. The molecule has 1 aromatic carbocycles. The first kappa shape index (κ1) is 14.3. The summed E-state index contributed by atoms with van der Waals surface area (Å²) in [6.07, 6.45) is -5.66. The van der Waals surface area contributed by atoms with Crippen LogP contribution in [0.15, 0.2) is 9.21 Å². The van der Waals surface area contributed by atoms with E-state index in [0.29, 0.717) is 0 Å². The lowest BCUT2D eigenvalue weighted by atomic mass is 10.1. The van der Waals surface area contributed by atoms with Gasteiger partial charge >= 0.3 is 11.8 Å². The van der Waals surface area contributed by atoms with Crippen LogP contribution in [0.4, 0.5) is 35.1 Å². The quantitative estimate of drug-likeness (QED) is 0.323. The van der Waals surface area contributed by atoms with Crippen molar-refractivity contribution in [3.05, 3.63) is 45.1 Å². The van der Waals surface area contributed by atoms with Gasteiger partial charge in [0.2, 0.25) is 17.5 Å². The first-order valence-electron chi connectivity index (χ1n) is 4.62. The molecule has 108 valence electrons. The summed E-state index contributed by atoms with van der Waals surface area (Å²) in [4.78, 5) is 10.8. The molecule has 0 aliphatic heterocycles. The molecule has 0 aliphatic rings. The Kier molecular flexibility index (Phi) is 2.99. The van der Waals surface area contributed by atoms with Gasteiger partial charge in [0.05, 0.1) is 5.39 Å². The second-order valence-corrected chi connectivity index (χ2v) is 3.54. The van der Waals surface area contributed by atoms with Crippen LogP contribution in [-0.2, 0) is 6.18 Å². The Balaban J connectivity index is 3.21. The molecule has 0 aliphatic carbocycles. The van der Waals surface area contributed by atoms with Crippen molar-refractivity contribution in [2.45, 2.75) is 6.18 Å². The van der Waals surface area contributed by atoms with E-state index in [0.717, 1.165) is 0 Å². The van der Waals surface area contributed by atoms with E-state index in [2.05, 4.69) is 4.42 Å². The van der Waals surface area contributed by atoms with Crippen LogP contribution in [0.1, 0.15) is 5.56 Å². The maximum absolute atomic E-state index is 13.3. The van der Waals surface area contributed by atoms with Gasteiger partial charge in [0.15, 0.2) is 17.2 Å². The Morgan fingerprint density at radius 2 is 1.25 bits per heavy atom. The van der Waals surface area contributed by atoms with E-state index in [1.54, 1.807) is 0 Å². The normalized spacial score (nSPS) is 12.2. The summed E-state index contributed by atoms with van der Waals surface area (Å²) in [6, 6.07) is 0. The summed E-state index contributed by atoms with van der Waals surface area (Å²) in [5.74, 6) is -12.6. The average Bonchev–Trinajstić information content (AvgIpc) is 2.34. The molecule has 10 heteroatoms. The molecule has 0 N–H and O–H groups in total. The predicted octanol–water partition coefficient (Wildman–Crippen LogP) is 3.51. The summed E-state index contributed by atoms with van der Waals surface area (Å²) in [5, 5.41) is -2.04. The molecule has 0 fully saturated rings. The summed E-state index contributed by atoms with van der Waals surface area (Å²) in [5.41, 5.74) is -6.73. The molecule has 0 amide bonds. The number of rotatable bonds is 0. The lowest BCUT2D eigenvalue weighted by Crippen LogP contribution is -2.19. The fraction of sp³-hybridized carbons (Fsp3) is 0.100. The maximum atomic E-state index is 13.3. The molecular formula is C10F8O2. The Bertz CT molecular complexity index is 774. The minimum absolute atomic E-state index is 1.86. The van der Waals surface area contributed by atoms with E-state index >= 15 is 0 Å². The molecule has 0 bridgehead atoms. The topological polar surface area (TPSA) is 30.2 Å². The number of benzene rings is 1. The van der Waals surface area contributed by atoms with E-state index < -0.39 is 57.4 Å². The highest BCUT2D eigenvalue weighted by Crippen LogP contribution is 2.38. The maximum Gasteiger partial charge on any atom is 0.420 e. The van der Waals surface area contributed by atoms with Gasteiger partial charge in [-0.1, -0.05) is 0 Å². The summed E-state index contributed by atoms with van der Waals surface area (Å²) in [6.45, 7) is 0. The second kappa shape index (κ2) is 4.18. The largest absolute Gasteiger partial charge is 0.420 e. The molecule has 2 rings (SSSR count). The Hall–Kier alpha value is -2.13. The fourth-order valence-corrected chi connectivity index (χ4v) is 1.55. The SMILES string of the molecule is O=c1oc2c(F)c(F)c(F)c(F)c2c(C(F)(F)F)c1F. The highest BCUT2D eigenvalue weighted by Gasteiger charge is 2.41. The first-order valence-corrected chi connectivity index (χ1v) is 4.62. The second-order valence-electron chi connectivity index (χ2n) is 3.54. The smallest absolute Gasteiger partial charge is 0.417 e. The highest BCUT2D eigenvalue weighted by atomic mass is 19.4. The monoisotopic (exact) mass is 304 g/mol. The Morgan fingerprint density at radius 1 is 0.750 bits per heavy atom. The minimum Gasteiger partial charge on any atom is -0.417 e. The third kappa shape index (κ3) is 1.82. The van der Waals surface area contributed by atoms with Gasteiger partial charge in [-0.3, -0.25) is 0 Å². The van der Waals surface area contributed by atoms with E-state index in [1.165, 1.54) is 0 Å². The molecule has 0 saturated carbocycles. The summed E-state index contributed by atoms with van der Waals surface area (Å²) in [7, 11) is 0. The molecule has 0 unspecified atom stereocenters. The van der Waals surface area contributed by atoms with Crippen LogP contribution in [0.2, 0.25) is 0 Å². The van der Waals surface area contributed by atoms with Crippen LogP contribution in [0.25, 0.3) is 11.0 Å². The zero-order chi connectivity index (χ0) is 15.4. The van der Waals surface area contributed by atoms with E-state index in [9.17, 15) is 39.9 Å². The number of alkyl halides is 3. The van der Waals surface area contributed by atoms with Crippen molar-refractivity contribution in [3.63, 3.8) is 0 Å². The van der Waals surface area contributed by atoms with Crippen molar-refractivity contribution in [2.75, 3.05) is 0 Å². The van der Waals surface area contributed by atoms with Gasteiger partial charge in [0.25, 0.3) is 0 Å². The number of halogens is 8. The summed E-state index contributed by atoms with van der Waals surface area (Å²) < 4.78 is 107. The third-order valence-corrected chi connectivity index (χ3v) is 2.35. The fourth-order valence-electron chi connectivity index (χ4n) is 1.55. The van der Waals surface area contributed by atoms with Gasteiger partial charge in [-0.15, -0.1) is 0 Å². The van der Waals surface area contributed by atoms with Gasteiger partial charge in [-0.25, -0.2) is 18.0 Å². The minimum atomic E-state index is -5.66. The lowest BCUT2D eigenvalue weighted by Gasteiger charge is -2.11. The van der Waals surface area contributed by atoms with Gasteiger partial charge in [0.1, 0.15) is 5.56 Å². The molecule has 20 heavy (non-hydrogen) atoms. The van der Waals surface area contributed by atoms with Crippen molar-refractivity contribution in [1.82, 2.24) is 0 Å². The van der Waals surface area contributed by atoms with Gasteiger partial charge in [-0.05, 0) is 0 Å². The molecule has 0 saturated heterocycles. The van der Waals surface area contributed by atoms with Gasteiger partial charge in [0, 0.05) is 0 Å². The molecule has 1 heterocycles. The van der Waals surface area contributed by atoms with Gasteiger partial charge in [-0.2, -0.15) is 22.0 Å². The van der Waals surface area contributed by atoms with Crippen LogP contribution in [0.5, 0.6) is 0 Å². The Labute approximate surface area is 103 Å². The van der Waals surface area contributed by atoms with Crippen molar-refractivity contribution in [3.8, 4) is 0 Å². The molecule has 2 nitrogen and oxygen atoms in total. The van der Waals surface area contributed by atoms with Crippen molar-refractivity contribution >= 4 is 11.0 Å². The van der Waals surface area contributed by atoms with Crippen LogP contribution >= 0.6 is 0 Å².